The molecule has 1 N–H and O–H groups in total. The van der Waals surface area contributed by atoms with Crippen LogP contribution in [0.25, 0.3) is 17.1 Å². The maximum atomic E-state index is 13.3. The molecule has 3 heterocycles. The summed E-state index contributed by atoms with van der Waals surface area (Å²) in [5.41, 5.74) is 1.54. The summed E-state index contributed by atoms with van der Waals surface area (Å²) < 4.78 is 20.2. The Bertz CT molecular complexity index is 897. The number of benzene rings is 1. The highest BCUT2D eigenvalue weighted by molar-refractivity contribution is 5.94. The molecule has 7 heteroatoms. The van der Waals surface area contributed by atoms with Crippen LogP contribution in [0.2, 0.25) is 0 Å². The van der Waals surface area contributed by atoms with Crippen molar-refractivity contribution in [2.75, 3.05) is 26.2 Å². The Kier molecular flexibility index (Phi) is 5.02. The fraction of sp³-hybridized carbons (Fsp3) is 0.300. The highest BCUT2D eigenvalue weighted by Crippen LogP contribution is 2.22. The molecule has 1 amide bonds. The van der Waals surface area contributed by atoms with E-state index in [0.717, 1.165) is 19.6 Å². The fourth-order valence-electron chi connectivity index (χ4n) is 3.29. The van der Waals surface area contributed by atoms with E-state index in [2.05, 4.69) is 15.3 Å². The quantitative estimate of drug-likeness (QED) is 0.726. The summed E-state index contributed by atoms with van der Waals surface area (Å²) in [4.78, 5) is 15.1. The van der Waals surface area contributed by atoms with Crippen molar-refractivity contribution in [1.29, 1.82) is 0 Å². The van der Waals surface area contributed by atoms with E-state index in [1.807, 2.05) is 0 Å². The van der Waals surface area contributed by atoms with Crippen LogP contribution in [0, 0.1) is 5.82 Å². The first kappa shape index (κ1) is 17.5. The molecule has 1 saturated heterocycles. The van der Waals surface area contributed by atoms with Crippen molar-refractivity contribution in [3.63, 3.8) is 0 Å². The van der Waals surface area contributed by atoms with Gasteiger partial charge in [-0.3, -0.25) is 4.79 Å². The van der Waals surface area contributed by atoms with Gasteiger partial charge >= 0.3 is 0 Å². The van der Waals surface area contributed by atoms with Gasteiger partial charge in [0.25, 0.3) is 5.91 Å². The predicted molar refractivity (Wildman–Crippen MR) is 99.2 cm³/mol. The van der Waals surface area contributed by atoms with Crippen LogP contribution in [0.4, 0.5) is 4.39 Å². The normalized spacial score (nSPS) is 14.6. The van der Waals surface area contributed by atoms with Gasteiger partial charge in [0, 0.05) is 19.2 Å². The van der Waals surface area contributed by atoms with Crippen LogP contribution < -0.4 is 5.32 Å². The minimum absolute atomic E-state index is 0.219. The van der Waals surface area contributed by atoms with Gasteiger partial charge in [-0.2, -0.15) is 5.10 Å². The number of hydrogen-bond donors (Lipinski definition) is 1. The molecule has 0 saturated carbocycles. The summed E-state index contributed by atoms with van der Waals surface area (Å²) in [6.45, 7) is 3.59. The average Bonchev–Trinajstić information content (AvgIpc) is 3.43. The third-order valence-corrected chi connectivity index (χ3v) is 4.70. The van der Waals surface area contributed by atoms with Gasteiger partial charge in [-0.25, -0.2) is 9.07 Å². The minimum atomic E-state index is -0.339. The van der Waals surface area contributed by atoms with Crippen LogP contribution in [-0.2, 0) is 0 Å². The number of carbonyl (C=O) groups excluding carboxylic acids is 1. The number of amides is 1. The molecule has 1 fully saturated rings. The molecule has 4 rings (SSSR count). The average molecular weight is 368 g/mol. The van der Waals surface area contributed by atoms with Crippen molar-refractivity contribution in [3.05, 3.63) is 60.2 Å². The molecule has 0 aliphatic carbocycles. The van der Waals surface area contributed by atoms with Gasteiger partial charge in [0.05, 0.1) is 12.0 Å². The van der Waals surface area contributed by atoms with E-state index in [0.29, 0.717) is 29.4 Å². The second kappa shape index (κ2) is 7.75. The number of carbonyl (C=O) groups is 1. The lowest BCUT2D eigenvalue weighted by Crippen LogP contribution is -2.34. The van der Waals surface area contributed by atoms with Crippen molar-refractivity contribution >= 4 is 5.91 Å². The van der Waals surface area contributed by atoms with Gasteiger partial charge in [0.1, 0.15) is 17.2 Å². The van der Waals surface area contributed by atoms with Crippen LogP contribution in [0.3, 0.4) is 0 Å². The van der Waals surface area contributed by atoms with Crippen LogP contribution in [0.5, 0.6) is 0 Å². The molecule has 0 atom stereocenters. The van der Waals surface area contributed by atoms with Crippen LogP contribution in [0.15, 0.2) is 53.1 Å². The van der Waals surface area contributed by atoms with E-state index < -0.39 is 0 Å². The van der Waals surface area contributed by atoms with Gasteiger partial charge in [0.15, 0.2) is 5.76 Å². The number of furan rings is 1. The summed E-state index contributed by atoms with van der Waals surface area (Å²) in [6, 6.07) is 11.1. The lowest BCUT2D eigenvalue weighted by Gasteiger charge is -2.15. The molecule has 3 aromatic rings. The van der Waals surface area contributed by atoms with E-state index in [9.17, 15) is 9.18 Å². The molecular formula is C20H21FN4O2. The minimum Gasteiger partial charge on any atom is -0.463 e. The Morgan fingerprint density at radius 1 is 1.19 bits per heavy atom. The summed E-state index contributed by atoms with van der Waals surface area (Å²) in [6.07, 6.45) is 4.00. The molecular weight excluding hydrogens is 347 g/mol. The first-order valence-corrected chi connectivity index (χ1v) is 9.11. The molecule has 0 radical (unpaired) electrons. The van der Waals surface area contributed by atoms with Crippen molar-refractivity contribution in [2.45, 2.75) is 12.8 Å². The third kappa shape index (κ3) is 3.93. The number of likely N-dealkylation sites (tertiary alicyclic amines) is 1. The van der Waals surface area contributed by atoms with E-state index >= 15 is 0 Å². The number of hydrogen-bond acceptors (Lipinski definition) is 4. The number of nitrogens with one attached hydrogen (secondary N) is 1. The van der Waals surface area contributed by atoms with Gasteiger partial charge < -0.3 is 14.6 Å². The monoisotopic (exact) mass is 368 g/mol. The molecule has 2 aromatic heterocycles. The SMILES string of the molecule is O=C(NCCN1CCCC1)c1cc(-c2ccco2)nn1-c1ccc(F)cc1. The van der Waals surface area contributed by atoms with Gasteiger partial charge in [-0.1, -0.05) is 0 Å². The van der Waals surface area contributed by atoms with Crippen molar-refractivity contribution < 1.29 is 13.6 Å². The standard InChI is InChI=1S/C20H21FN4O2/c21-15-5-7-16(8-6-15)25-18(14-17(23-25)19-4-3-13-27-19)20(26)22-9-12-24-10-1-2-11-24/h3-8,13-14H,1-2,9-12H2,(H,22,26). The molecule has 1 aliphatic rings. The summed E-state index contributed by atoms with van der Waals surface area (Å²) in [7, 11) is 0. The van der Waals surface area contributed by atoms with Crippen LogP contribution >= 0.6 is 0 Å². The summed E-state index contributed by atoms with van der Waals surface area (Å²) in [5.74, 6) is 0.0135. The van der Waals surface area contributed by atoms with E-state index in [1.165, 1.54) is 29.7 Å². The Morgan fingerprint density at radius 3 is 2.67 bits per heavy atom. The number of nitrogens with zero attached hydrogens (tertiary/aromatic N) is 3. The van der Waals surface area contributed by atoms with Crippen molar-refractivity contribution in [2.24, 2.45) is 0 Å². The second-order valence-corrected chi connectivity index (χ2v) is 6.58. The molecule has 0 unspecified atom stereocenters. The summed E-state index contributed by atoms with van der Waals surface area (Å²) in [5, 5.41) is 7.45. The first-order valence-electron chi connectivity index (χ1n) is 9.11. The lowest BCUT2D eigenvalue weighted by atomic mass is 10.2. The van der Waals surface area contributed by atoms with Gasteiger partial charge in [0.2, 0.25) is 0 Å². The highest BCUT2D eigenvalue weighted by atomic mass is 19.1. The predicted octanol–water partition coefficient (Wildman–Crippen LogP) is 3.10. The maximum Gasteiger partial charge on any atom is 0.270 e. The molecule has 1 aromatic carbocycles. The fourth-order valence-corrected chi connectivity index (χ4v) is 3.29. The zero-order valence-corrected chi connectivity index (χ0v) is 14.9. The molecule has 1 aliphatic heterocycles. The maximum absolute atomic E-state index is 13.3. The largest absolute Gasteiger partial charge is 0.463 e. The topological polar surface area (TPSA) is 63.3 Å². The molecule has 0 bridgehead atoms. The Hall–Kier alpha value is -2.93. The number of aromatic nitrogens is 2. The smallest absolute Gasteiger partial charge is 0.270 e. The Labute approximate surface area is 156 Å². The molecule has 27 heavy (non-hydrogen) atoms. The highest BCUT2D eigenvalue weighted by Gasteiger charge is 2.19. The van der Waals surface area contributed by atoms with Crippen LogP contribution in [-0.4, -0.2) is 46.8 Å². The van der Waals surface area contributed by atoms with Crippen molar-refractivity contribution in [3.8, 4) is 17.1 Å². The Morgan fingerprint density at radius 2 is 1.96 bits per heavy atom. The zero-order valence-electron chi connectivity index (χ0n) is 14.9. The molecule has 0 spiro atoms. The molecule has 6 nitrogen and oxygen atoms in total. The van der Waals surface area contributed by atoms with E-state index in [-0.39, 0.29) is 11.7 Å². The van der Waals surface area contributed by atoms with Gasteiger partial charge in [-0.15, -0.1) is 0 Å². The number of rotatable bonds is 6. The molecule has 140 valence electrons. The van der Waals surface area contributed by atoms with E-state index in [1.54, 1.807) is 36.6 Å². The third-order valence-electron chi connectivity index (χ3n) is 4.70. The van der Waals surface area contributed by atoms with Crippen molar-refractivity contribution in [1.82, 2.24) is 20.0 Å². The van der Waals surface area contributed by atoms with E-state index in [4.69, 9.17) is 4.42 Å². The lowest BCUT2D eigenvalue weighted by molar-refractivity contribution is 0.0942. The summed E-state index contributed by atoms with van der Waals surface area (Å²) >= 11 is 0. The Balaban J connectivity index is 1.57. The van der Waals surface area contributed by atoms with Gasteiger partial charge in [-0.05, 0) is 62.3 Å². The number of halogens is 1. The second-order valence-electron chi connectivity index (χ2n) is 6.58. The zero-order chi connectivity index (χ0) is 18.6. The van der Waals surface area contributed by atoms with Crippen LogP contribution in [0.1, 0.15) is 23.3 Å². The first-order chi connectivity index (χ1) is 13.2.